The Morgan fingerprint density at radius 1 is 0.957 bits per heavy atom. The van der Waals surface area contributed by atoms with Gasteiger partial charge in [0, 0.05) is 15.5 Å². The second-order valence-corrected chi connectivity index (χ2v) is 8.92. The summed E-state index contributed by atoms with van der Waals surface area (Å²) in [7, 11) is 0. The van der Waals surface area contributed by atoms with Crippen molar-refractivity contribution in [1.82, 2.24) is 14.9 Å². The molecule has 1 aliphatic rings. The molecule has 1 saturated heterocycles. The normalized spacial score (nSPS) is 16.2. The molecule has 1 fully saturated rings. The van der Waals surface area contributed by atoms with Gasteiger partial charge in [0.1, 0.15) is 5.52 Å². The van der Waals surface area contributed by atoms with Crippen LogP contribution in [0, 0.1) is 0 Å². The van der Waals surface area contributed by atoms with E-state index in [0.29, 0.717) is 0 Å². The number of aromatic amines is 1. The summed E-state index contributed by atoms with van der Waals surface area (Å²) in [5.74, 6) is 0.810. The van der Waals surface area contributed by atoms with E-state index >= 15 is 0 Å². The van der Waals surface area contributed by atoms with E-state index < -0.39 is 0 Å². The van der Waals surface area contributed by atoms with Gasteiger partial charge in [0.05, 0.1) is 14.5 Å². The first-order chi connectivity index (χ1) is 11.1. The molecule has 0 aliphatic carbocycles. The minimum Gasteiger partial charge on any atom is -0.356 e. The van der Waals surface area contributed by atoms with Crippen molar-refractivity contribution >= 4 is 80.7 Å². The second kappa shape index (κ2) is 8.17. The number of likely N-dealkylation sites (tertiary alicyclic amines) is 1. The van der Waals surface area contributed by atoms with Crippen LogP contribution >= 0.6 is 63.7 Å². The molecule has 0 radical (unpaired) electrons. The van der Waals surface area contributed by atoms with E-state index in [1.165, 1.54) is 32.4 Å². The number of H-pyrrole nitrogens is 1. The third-order valence-corrected chi connectivity index (χ3v) is 8.85. The summed E-state index contributed by atoms with van der Waals surface area (Å²) in [6.07, 6.45) is 5.22. The largest absolute Gasteiger partial charge is 0.356 e. The number of hydrogen-bond donors (Lipinski definition) is 2. The molecule has 1 aromatic heterocycles. The first kappa shape index (κ1) is 18.2. The monoisotopic (exact) mass is 570 g/mol. The molecule has 1 aliphatic heterocycles. The Bertz CT molecular complexity index is 650. The summed E-state index contributed by atoms with van der Waals surface area (Å²) >= 11 is 14.3. The lowest BCUT2D eigenvalue weighted by molar-refractivity contribution is 0.228. The Kier molecular flexibility index (Phi) is 6.45. The van der Waals surface area contributed by atoms with E-state index in [2.05, 4.69) is 83.9 Å². The van der Waals surface area contributed by atoms with Crippen molar-refractivity contribution in [2.75, 3.05) is 31.5 Å². The zero-order valence-corrected chi connectivity index (χ0v) is 18.9. The van der Waals surface area contributed by atoms with E-state index in [1.807, 2.05) is 0 Å². The molecule has 8 heteroatoms. The molecule has 0 amide bonds. The van der Waals surface area contributed by atoms with Crippen molar-refractivity contribution < 1.29 is 0 Å². The van der Waals surface area contributed by atoms with Crippen LogP contribution in [0.5, 0.6) is 0 Å². The van der Waals surface area contributed by atoms with Gasteiger partial charge >= 0.3 is 0 Å². The molecule has 126 valence electrons. The van der Waals surface area contributed by atoms with Crippen LogP contribution in [0.3, 0.4) is 0 Å². The number of aromatic nitrogens is 2. The van der Waals surface area contributed by atoms with Gasteiger partial charge in [0.15, 0.2) is 0 Å². The predicted molar refractivity (Wildman–Crippen MR) is 110 cm³/mol. The van der Waals surface area contributed by atoms with Gasteiger partial charge in [0.25, 0.3) is 0 Å². The SMILES string of the molecule is Brc1c(Br)c(Br)c2[nH]c(NCCCN3CCCCC3)nc2c1Br. The van der Waals surface area contributed by atoms with Gasteiger partial charge < -0.3 is 15.2 Å². The number of imidazole rings is 1. The molecule has 2 N–H and O–H groups in total. The summed E-state index contributed by atoms with van der Waals surface area (Å²) in [5.41, 5.74) is 1.89. The molecule has 1 aromatic carbocycles. The summed E-state index contributed by atoms with van der Waals surface area (Å²) in [6.45, 7) is 4.60. The zero-order valence-electron chi connectivity index (χ0n) is 12.6. The Morgan fingerprint density at radius 2 is 1.65 bits per heavy atom. The zero-order chi connectivity index (χ0) is 16.4. The van der Waals surface area contributed by atoms with E-state index in [-0.39, 0.29) is 0 Å². The van der Waals surface area contributed by atoms with Crippen LogP contribution in [-0.4, -0.2) is 41.0 Å². The third-order valence-electron chi connectivity index (χ3n) is 4.10. The van der Waals surface area contributed by atoms with Crippen LogP contribution in [0.25, 0.3) is 11.0 Å². The maximum Gasteiger partial charge on any atom is 0.201 e. The highest BCUT2D eigenvalue weighted by molar-refractivity contribution is 9.15. The highest BCUT2D eigenvalue weighted by Gasteiger charge is 2.17. The van der Waals surface area contributed by atoms with Gasteiger partial charge in [-0.2, -0.15) is 0 Å². The van der Waals surface area contributed by atoms with Crippen LogP contribution < -0.4 is 5.32 Å². The molecule has 3 rings (SSSR count). The third kappa shape index (κ3) is 4.14. The number of rotatable bonds is 5. The molecule has 0 spiro atoms. The molecule has 23 heavy (non-hydrogen) atoms. The van der Waals surface area contributed by atoms with Crippen LogP contribution in [0.1, 0.15) is 25.7 Å². The van der Waals surface area contributed by atoms with Crippen molar-refractivity contribution in [3.05, 3.63) is 17.9 Å². The molecular formula is C15H18Br4N4. The average Bonchev–Trinajstić information content (AvgIpc) is 3.00. The molecule has 4 nitrogen and oxygen atoms in total. The number of piperidine rings is 1. The predicted octanol–water partition coefficient (Wildman–Crippen LogP) is 5.90. The lowest BCUT2D eigenvalue weighted by atomic mass is 10.1. The van der Waals surface area contributed by atoms with Gasteiger partial charge in [-0.25, -0.2) is 4.98 Å². The first-order valence-corrected chi connectivity index (χ1v) is 10.9. The minimum absolute atomic E-state index is 0.810. The Labute approximate surface area is 169 Å². The van der Waals surface area contributed by atoms with Crippen LogP contribution in [0.15, 0.2) is 17.9 Å². The summed E-state index contributed by atoms with van der Waals surface area (Å²) < 4.78 is 3.84. The number of anilines is 1. The Balaban J connectivity index is 1.62. The number of fused-ring (bicyclic) bond motifs is 1. The maximum atomic E-state index is 4.65. The van der Waals surface area contributed by atoms with Gasteiger partial charge in [-0.05, 0) is 103 Å². The Hall–Kier alpha value is 0.370. The number of benzene rings is 1. The fourth-order valence-electron chi connectivity index (χ4n) is 2.87. The number of nitrogens with one attached hydrogen (secondary N) is 2. The molecule has 0 bridgehead atoms. The van der Waals surface area contributed by atoms with E-state index in [4.69, 9.17) is 0 Å². The standard InChI is InChI=1S/C15H18Br4N4/c16-9-10(17)12(19)14-13(11(9)18)21-15(22-14)20-5-4-8-23-6-2-1-3-7-23/h1-8H2,(H2,20,21,22). The fraction of sp³-hybridized carbons (Fsp3) is 0.533. The topological polar surface area (TPSA) is 44.0 Å². The second-order valence-electron chi connectivity index (χ2n) is 5.75. The highest BCUT2D eigenvalue weighted by Crippen LogP contribution is 2.42. The van der Waals surface area contributed by atoms with Crippen molar-refractivity contribution in [2.45, 2.75) is 25.7 Å². The van der Waals surface area contributed by atoms with Crippen LogP contribution in [-0.2, 0) is 0 Å². The molecule has 2 heterocycles. The van der Waals surface area contributed by atoms with Gasteiger partial charge in [-0.1, -0.05) is 6.42 Å². The highest BCUT2D eigenvalue weighted by atomic mass is 79.9. The van der Waals surface area contributed by atoms with Crippen molar-refractivity contribution in [3.8, 4) is 0 Å². The average molecular weight is 574 g/mol. The molecule has 0 atom stereocenters. The lowest BCUT2D eigenvalue weighted by Crippen LogP contribution is -2.31. The van der Waals surface area contributed by atoms with Crippen LogP contribution in [0.2, 0.25) is 0 Å². The minimum atomic E-state index is 0.810. The fourth-order valence-corrected chi connectivity index (χ4v) is 5.16. The van der Waals surface area contributed by atoms with E-state index in [0.717, 1.165) is 54.4 Å². The summed E-state index contributed by atoms with van der Waals surface area (Å²) in [4.78, 5) is 10.6. The molecule has 0 saturated carbocycles. The number of hydrogen-bond acceptors (Lipinski definition) is 3. The quantitative estimate of drug-likeness (QED) is 0.266. The van der Waals surface area contributed by atoms with E-state index in [9.17, 15) is 0 Å². The smallest absolute Gasteiger partial charge is 0.201 e. The van der Waals surface area contributed by atoms with Gasteiger partial charge in [-0.3, -0.25) is 0 Å². The Morgan fingerprint density at radius 3 is 2.39 bits per heavy atom. The van der Waals surface area contributed by atoms with Crippen molar-refractivity contribution in [1.29, 1.82) is 0 Å². The summed E-state index contributed by atoms with van der Waals surface area (Å²) in [6, 6.07) is 0. The van der Waals surface area contributed by atoms with Gasteiger partial charge in [-0.15, -0.1) is 0 Å². The number of nitrogens with zero attached hydrogens (tertiary/aromatic N) is 2. The van der Waals surface area contributed by atoms with Crippen molar-refractivity contribution in [3.63, 3.8) is 0 Å². The maximum absolute atomic E-state index is 4.65. The lowest BCUT2D eigenvalue weighted by Gasteiger charge is -2.26. The van der Waals surface area contributed by atoms with E-state index in [1.54, 1.807) is 0 Å². The van der Waals surface area contributed by atoms with Gasteiger partial charge in [0.2, 0.25) is 5.95 Å². The number of halogens is 4. The summed E-state index contributed by atoms with van der Waals surface area (Å²) in [5, 5.41) is 3.40. The van der Waals surface area contributed by atoms with Crippen molar-refractivity contribution in [2.24, 2.45) is 0 Å². The van der Waals surface area contributed by atoms with Crippen LogP contribution in [0.4, 0.5) is 5.95 Å². The first-order valence-electron chi connectivity index (χ1n) is 7.76. The molecular weight excluding hydrogens is 556 g/mol. The molecule has 0 unspecified atom stereocenters. The molecule has 2 aromatic rings.